The van der Waals surface area contributed by atoms with Crippen molar-refractivity contribution in [1.82, 2.24) is 4.90 Å². The third kappa shape index (κ3) is 3.34. The zero-order valence-corrected chi connectivity index (χ0v) is 14.0. The maximum absolute atomic E-state index is 13.0. The highest BCUT2D eigenvalue weighted by atomic mass is 35.5. The highest BCUT2D eigenvalue weighted by molar-refractivity contribution is 6.32. The van der Waals surface area contributed by atoms with Crippen LogP contribution in [0.4, 0.5) is 13.2 Å². The first-order chi connectivity index (χ1) is 11.6. The lowest BCUT2D eigenvalue weighted by Gasteiger charge is -2.33. The minimum Gasteiger partial charge on any atom is -0.481 e. The van der Waals surface area contributed by atoms with Gasteiger partial charge < -0.3 is 10.0 Å². The smallest absolute Gasteiger partial charge is 0.416 e. The maximum atomic E-state index is 13.0. The molecule has 4 nitrogen and oxygen atoms in total. The van der Waals surface area contributed by atoms with Crippen LogP contribution in [0.5, 0.6) is 0 Å². The number of likely N-dealkylation sites (tertiary alicyclic amines) is 1. The minimum atomic E-state index is -4.50. The van der Waals surface area contributed by atoms with Gasteiger partial charge in [-0.1, -0.05) is 11.6 Å². The number of carboxylic acid groups (broad SMARTS) is 1. The van der Waals surface area contributed by atoms with Gasteiger partial charge in [0.05, 0.1) is 16.9 Å². The van der Waals surface area contributed by atoms with Gasteiger partial charge in [0, 0.05) is 18.1 Å². The Morgan fingerprint density at radius 1 is 1.20 bits per heavy atom. The van der Waals surface area contributed by atoms with Crippen LogP contribution in [0.25, 0.3) is 0 Å². The van der Waals surface area contributed by atoms with Crippen LogP contribution in [0, 0.1) is 5.92 Å². The average Bonchev–Trinajstić information content (AvgIpc) is 3.35. The van der Waals surface area contributed by atoms with Crippen LogP contribution in [0.1, 0.15) is 36.8 Å². The van der Waals surface area contributed by atoms with Crippen LogP contribution in [-0.2, 0) is 21.2 Å². The Bertz CT molecular complexity index is 708. The normalized spacial score (nSPS) is 20.4. The van der Waals surface area contributed by atoms with Gasteiger partial charge in [-0.3, -0.25) is 9.59 Å². The van der Waals surface area contributed by atoms with Crippen molar-refractivity contribution in [2.45, 2.75) is 37.3 Å². The summed E-state index contributed by atoms with van der Waals surface area (Å²) in [4.78, 5) is 25.5. The summed E-state index contributed by atoms with van der Waals surface area (Å²) in [6.45, 7) is 0.599. The molecule has 25 heavy (non-hydrogen) atoms. The van der Waals surface area contributed by atoms with E-state index in [4.69, 9.17) is 16.7 Å². The fraction of sp³-hybridized carbons (Fsp3) is 0.529. The van der Waals surface area contributed by atoms with Crippen LogP contribution < -0.4 is 0 Å². The molecule has 1 amide bonds. The third-order valence-electron chi connectivity index (χ3n) is 5.10. The number of piperidine rings is 1. The Morgan fingerprint density at radius 2 is 1.80 bits per heavy atom. The Hall–Kier alpha value is -1.76. The van der Waals surface area contributed by atoms with E-state index in [1.165, 1.54) is 6.07 Å². The second-order valence-corrected chi connectivity index (χ2v) is 7.09. The maximum Gasteiger partial charge on any atom is 0.416 e. The van der Waals surface area contributed by atoms with Crippen molar-refractivity contribution < 1.29 is 27.9 Å². The Kier molecular flexibility index (Phi) is 4.47. The van der Waals surface area contributed by atoms with Crippen molar-refractivity contribution in [2.75, 3.05) is 13.1 Å². The number of amides is 1. The third-order valence-corrected chi connectivity index (χ3v) is 5.43. The Labute approximate surface area is 147 Å². The molecular formula is C17H17ClF3NO3. The van der Waals surface area contributed by atoms with E-state index in [0.29, 0.717) is 38.8 Å². The summed E-state index contributed by atoms with van der Waals surface area (Å²) in [5, 5.41) is 9.18. The predicted molar refractivity (Wildman–Crippen MR) is 84.3 cm³/mol. The quantitative estimate of drug-likeness (QED) is 0.876. The number of hydrogen-bond acceptors (Lipinski definition) is 2. The number of carbonyl (C=O) groups is 2. The molecule has 0 unspecified atom stereocenters. The summed E-state index contributed by atoms with van der Waals surface area (Å²) in [5.74, 6) is -1.61. The highest BCUT2D eigenvalue weighted by Crippen LogP contribution is 2.53. The number of benzene rings is 1. The summed E-state index contributed by atoms with van der Waals surface area (Å²) in [5.41, 5.74) is -1.61. The van der Waals surface area contributed by atoms with Gasteiger partial charge >= 0.3 is 12.1 Å². The zero-order valence-electron chi connectivity index (χ0n) is 13.3. The van der Waals surface area contributed by atoms with Crippen molar-refractivity contribution in [1.29, 1.82) is 0 Å². The van der Waals surface area contributed by atoms with Gasteiger partial charge in [-0.25, -0.2) is 0 Å². The van der Waals surface area contributed by atoms with E-state index < -0.39 is 29.0 Å². The fourth-order valence-corrected chi connectivity index (χ4v) is 3.72. The lowest BCUT2D eigenvalue weighted by Crippen LogP contribution is -2.45. The molecule has 1 heterocycles. The molecule has 0 spiro atoms. The van der Waals surface area contributed by atoms with Crippen LogP contribution in [-0.4, -0.2) is 35.0 Å². The highest BCUT2D eigenvalue weighted by Gasteiger charge is 2.54. The number of nitrogens with zero attached hydrogens (tertiary/aromatic N) is 1. The number of carboxylic acids is 1. The van der Waals surface area contributed by atoms with E-state index in [1.54, 1.807) is 4.90 Å². The second kappa shape index (κ2) is 6.20. The van der Waals surface area contributed by atoms with Crippen molar-refractivity contribution >= 4 is 23.5 Å². The molecule has 3 rings (SSSR count). The van der Waals surface area contributed by atoms with Crippen LogP contribution >= 0.6 is 11.6 Å². The molecule has 0 aromatic heterocycles. The molecule has 0 radical (unpaired) electrons. The lowest BCUT2D eigenvalue weighted by atomic mass is 9.90. The van der Waals surface area contributed by atoms with Crippen molar-refractivity contribution in [3.63, 3.8) is 0 Å². The summed E-state index contributed by atoms with van der Waals surface area (Å²) in [6, 6.07) is 3.06. The van der Waals surface area contributed by atoms with Crippen molar-refractivity contribution in [3.8, 4) is 0 Å². The van der Waals surface area contributed by atoms with E-state index in [9.17, 15) is 22.8 Å². The fourth-order valence-electron chi connectivity index (χ4n) is 3.42. The first kappa shape index (κ1) is 18.0. The number of carbonyl (C=O) groups excluding carboxylic acids is 1. The molecule has 1 aliphatic carbocycles. The Morgan fingerprint density at radius 3 is 2.28 bits per heavy atom. The summed E-state index contributed by atoms with van der Waals surface area (Å²) in [7, 11) is 0. The molecular weight excluding hydrogens is 359 g/mol. The summed E-state index contributed by atoms with van der Waals surface area (Å²) < 4.78 is 39.0. The van der Waals surface area contributed by atoms with Gasteiger partial charge in [-0.2, -0.15) is 13.2 Å². The van der Waals surface area contributed by atoms with Crippen LogP contribution in [0.3, 0.4) is 0 Å². The molecule has 1 aromatic carbocycles. The van der Waals surface area contributed by atoms with E-state index in [-0.39, 0.29) is 16.5 Å². The molecule has 1 saturated carbocycles. The Balaban J connectivity index is 1.83. The lowest BCUT2D eigenvalue weighted by molar-refractivity contribution is -0.146. The standard InChI is InChI=1S/C17H17ClF3NO3/c18-13-2-1-11(17(19,20)21)9-12(13)16(5-6-16)15(25)22-7-3-10(4-8-22)14(23)24/h1-2,9-10H,3-8H2,(H,23,24). The number of aliphatic carboxylic acids is 1. The molecule has 2 fully saturated rings. The topological polar surface area (TPSA) is 57.6 Å². The molecule has 1 aromatic rings. The molecule has 0 bridgehead atoms. The van der Waals surface area contributed by atoms with Crippen molar-refractivity contribution in [3.05, 3.63) is 34.3 Å². The molecule has 1 aliphatic heterocycles. The van der Waals surface area contributed by atoms with E-state index in [2.05, 4.69) is 0 Å². The van der Waals surface area contributed by atoms with Gasteiger partial charge in [0.2, 0.25) is 5.91 Å². The van der Waals surface area contributed by atoms with Gasteiger partial charge in [0.1, 0.15) is 0 Å². The van der Waals surface area contributed by atoms with Crippen LogP contribution in [0.2, 0.25) is 5.02 Å². The zero-order chi connectivity index (χ0) is 18.4. The molecule has 1 N–H and O–H groups in total. The van der Waals surface area contributed by atoms with Crippen LogP contribution in [0.15, 0.2) is 18.2 Å². The average molecular weight is 376 g/mol. The largest absolute Gasteiger partial charge is 0.481 e. The SMILES string of the molecule is O=C(O)C1CCN(C(=O)C2(c3cc(C(F)(F)F)ccc3Cl)CC2)CC1. The molecule has 8 heteroatoms. The number of rotatable bonds is 3. The van der Waals surface area contributed by atoms with E-state index in [0.717, 1.165) is 12.1 Å². The van der Waals surface area contributed by atoms with Gasteiger partial charge in [0.25, 0.3) is 0 Å². The first-order valence-corrected chi connectivity index (χ1v) is 8.42. The number of hydrogen-bond donors (Lipinski definition) is 1. The number of halogens is 4. The summed E-state index contributed by atoms with van der Waals surface area (Å²) >= 11 is 6.10. The first-order valence-electron chi connectivity index (χ1n) is 8.04. The minimum absolute atomic E-state index is 0.152. The molecule has 1 saturated heterocycles. The van der Waals surface area contributed by atoms with Gasteiger partial charge in [0.15, 0.2) is 0 Å². The molecule has 136 valence electrons. The van der Waals surface area contributed by atoms with E-state index >= 15 is 0 Å². The second-order valence-electron chi connectivity index (χ2n) is 6.68. The van der Waals surface area contributed by atoms with Gasteiger partial charge in [-0.15, -0.1) is 0 Å². The monoisotopic (exact) mass is 375 g/mol. The number of alkyl halides is 3. The summed E-state index contributed by atoms with van der Waals surface area (Å²) in [6.07, 6.45) is -2.89. The predicted octanol–water partition coefficient (Wildman–Crippen LogP) is 3.71. The van der Waals surface area contributed by atoms with E-state index in [1.807, 2.05) is 0 Å². The van der Waals surface area contributed by atoms with Crippen molar-refractivity contribution in [2.24, 2.45) is 5.92 Å². The molecule has 2 aliphatic rings. The van der Waals surface area contributed by atoms with Gasteiger partial charge in [-0.05, 0) is 49.4 Å². The molecule has 0 atom stereocenters.